The summed E-state index contributed by atoms with van der Waals surface area (Å²) in [5.74, 6) is -0.118. The van der Waals surface area contributed by atoms with E-state index < -0.39 is 0 Å². The van der Waals surface area contributed by atoms with Gasteiger partial charge in [0.15, 0.2) is 0 Å². The van der Waals surface area contributed by atoms with Gasteiger partial charge in [0.2, 0.25) is 0 Å². The Hall–Kier alpha value is -3.67. The molecule has 0 unspecified atom stereocenters. The molecule has 0 aliphatic rings. The van der Waals surface area contributed by atoms with Crippen LogP contribution in [-0.4, -0.2) is 32.0 Å². The van der Waals surface area contributed by atoms with Crippen molar-refractivity contribution in [3.63, 3.8) is 0 Å². The highest BCUT2D eigenvalue weighted by molar-refractivity contribution is 6.00. The molecule has 0 spiro atoms. The molecular weight excluding hydrogens is 374 g/mol. The number of benzene rings is 2. The fourth-order valence-corrected chi connectivity index (χ4v) is 3.50. The van der Waals surface area contributed by atoms with E-state index in [4.69, 9.17) is 5.10 Å². The summed E-state index contributed by atoms with van der Waals surface area (Å²) in [4.78, 5) is 13.0. The van der Waals surface area contributed by atoms with Crippen molar-refractivity contribution in [2.75, 3.05) is 6.54 Å². The van der Waals surface area contributed by atoms with Gasteiger partial charge in [-0.15, -0.1) is 0 Å². The van der Waals surface area contributed by atoms with Crippen molar-refractivity contribution in [3.8, 4) is 16.9 Å². The molecule has 0 saturated carbocycles. The SMILES string of the molecule is Cc1ccc(-c2nn(-c3ccccc3)cc2C(=O)NCCCn2cccn2)c(C)c1. The Morgan fingerprint density at radius 1 is 1.07 bits per heavy atom. The lowest BCUT2D eigenvalue weighted by Crippen LogP contribution is -2.25. The van der Waals surface area contributed by atoms with Crippen LogP contribution in [0.3, 0.4) is 0 Å². The molecule has 2 aromatic heterocycles. The molecule has 1 N–H and O–H groups in total. The van der Waals surface area contributed by atoms with Crippen LogP contribution < -0.4 is 5.32 Å². The van der Waals surface area contributed by atoms with Crippen LogP contribution in [0.1, 0.15) is 27.9 Å². The molecular formula is C24H25N5O. The first-order valence-corrected chi connectivity index (χ1v) is 10.1. The van der Waals surface area contributed by atoms with Gasteiger partial charge in [-0.05, 0) is 44.0 Å². The van der Waals surface area contributed by atoms with E-state index >= 15 is 0 Å². The lowest BCUT2D eigenvalue weighted by atomic mass is 10.0. The van der Waals surface area contributed by atoms with Crippen molar-refractivity contribution in [2.24, 2.45) is 0 Å². The monoisotopic (exact) mass is 399 g/mol. The van der Waals surface area contributed by atoms with E-state index in [1.165, 1.54) is 5.56 Å². The highest BCUT2D eigenvalue weighted by atomic mass is 16.1. The standard InChI is InChI=1S/C24H25N5O/c1-18-10-11-21(19(2)16-18)23-22(17-29(27-23)20-8-4-3-5-9-20)24(30)25-12-6-14-28-15-7-13-26-28/h3-5,7-11,13,15-17H,6,12,14H2,1-2H3,(H,25,30). The molecule has 30 heavy (non-hydrogen) atoms. The molecule has 0 bridgehead atoms. The number of carbonyl (C=O) groups excluding carboxylic acids is 1. The van der Waals surface area contributed by atoms with Crippen LogP contribution in [0.15, 0.2) is 73.2 Å². The number of hydrogen-bond donors (Lipinski definition) is 1. The van der Waals surface area contributed by atoms with E-state index in [-0.39, 0.29) is 5.91 Å². The highest BCUT2D eigenvalue weighted by Crippen LogP contribution is 2.27. The molecule has 0 fully saturated rings. The van der Waals surface area contributed by atoms with Gasteiger partial charge in [-0.25, -0.2) is 4.68 Å². The fraction of sp³-hybridized carbons (Fsp3) is 0.208. The summed E-state index contributed by atoms with van der Waals surface area (Å²) in [5, 5.41) is 12.0. The predicted octanol–water partition coefficient (Wildman–Crippen LogP) is 4.17. The summed E-state index contributed by atoms with van der Waals surface area (Å²) in [7, 11) is 0. The van der Waals surface area contributed by atoms with Crippen LogP contribution in [0.2, 0.25) is 0 Å². The molecule has 6 heteroatoms. The van der Waals surface area contributed by atoms with Crippen molar-refractivity contribution in [3.05, 3.63) is 89.9 Å². The summed E-state index contributed by atoms with van der Waals surface area (Å²) in [6.07, 6.45) is 6.29. The average molecular weight is 399 g/mol. The number of aryl methyl sites for hydroxylation is 3. The van der Waals surface area contributed by atoms with Crippen LogP contribution >= 0.6 is 0 Å². The molecule has 0 saturated heterocycles. The smallest absolute Gasteiger partial charge is 0.255 e. The van der Waals surface area contributed by atoms with Gasteiger partial charge < -0.3 is 5.32 Å². The van der Waals surface area contributed by atoms with Crippen LogP contribution in [0.4, 0.5) is 0 Å². The third kappa shape index (κ3) is 4.33. The Morgan fingerprint density at radius 3 is 2.63 bits per heavy atom. The quantitative estimate of drug-likeness (QED) is 0.474. The molecule has 0 aliphatic carbocycles. The first kappa shape index (κ1) is 19.6. The van der Waals surface area contributed by atoms with Crippen LogP contribution in [0, 0.1) is 13.8 Å². The topological polar surface area (TPSA) is 64.7 Å². The van der Waals surface area contributed by atoms with Crippen molar-refractivity contribution in [1.82, 2.24) is 24.9 Å². The van der Waals surface area contributed by atoms with Gasteiger partial charge in [0.05, 0.1) is 11.3 Å². The van der Waals surface area contributed by atoms with E-state index in [1.807, 2.05) is 59.5 Å². The molecule has 1 amide bonds. The second-order valence-electron chi connectivity index (χ2n) is 7.37. The van der Waals surface area contributed by atoms with Gasteiger partial charge in [-0.2, -0.15) is 10.2 Å². The molecule has 2 heterocycles. The minimum Gasteiger partial charge on any atom is -0.352 e. The summed E-state index contributed by atoms with van der Waals surface area (Å²) in [6.45, 7) is 5.45. The molecule has 0 aliphatic heterocycles. The second kappa shape index (κ2) is 8.78. The number of rotatable bonds is 7. The van der Waals surface area contributed by atoms with Gasteiger partial charge in [-0.3, -0.25) is 9.48 Å². The highest BCUT2D eigenvalue weighted by Gasteiger charge is 2.19. The minimum atomic E-state index is -0.118. The van der Waals surface area contributed by atoms with Gasteiger partial charge in [0, 0.05) is 37.2 Å². The lowest BCUT2D eigenvalue weighted by Gasteiger charge is -2.08. The average Bonchev–Trinajstić information content (AvgIpc) is 3.42. The normalized spacial score (nSPS) is 10.9. The molecule has 2 aromatic carbocycles. The number of nitrogens with one attached hydrogen (secondary N) is 1. The Balaban J connectivity index is 1.59. The zero-order valence-corrected chi connectivity index (χ0v) is 17.2. The zero-order valence-electron chi connectivity index (χ0n) is 17.2. The van der Waals surface area contributed by atoms with E-state index in [9.17, 15) is 4.79 Å². The van der Waals surface area contributed by atoms with Crippen LogP contribution in [0.25, 0.3) is 16.9 Å². The summed E-state index contributed by atoms with van der Waals surface area (Å²) in [6, 6.07) is 17.9. The van der Waals surface area contributed by atoms with Crippen LogP contribution in [0.5, 0.6) is 0 Å². The van der Waals surface area contributed by atoms with Gasteiger partial charge in [0.25, 0.3) is 5.91 Å². The molecule has 0 atom stereocenters. The molecule has 4 aromatic rings. The van der Waals surface area contributed by atoms with Crippen molar-refractivity contribution >= 4 is 5.91 Å². The van der Waals surface area contributed by atoms with Crippen LogP contribution in [-0.2, 0) is 6.54 Å². The Kier molecular flexibility index (Phi) is 5.75. The number of para-hydroxylation sites is 1. The molecule has 152 valence electrons. The number of carbonyl (C=O) groups is 1. The third-order valence-corrected chi connectivity index (χ3v) is 5.03. The molecule has 0 radical (unpaired) electrons. The maximum Gasteiger partial charge on any atom is 0.255 e. The second-order valence-corrected chi connectivity index (χ2v) is 7.37. The third-order valence-electron chi connectivity index (χ3n) is 5.03. The maximum atomic E-state index is 13.0. The maximum absolute atomic E-state index is 13.0. The van der Waals surface area contributed by atoms with Gasteiger partial charge in [-0.1, -0.05) is 42.0 Å². The van der Waals surface area contributed by atoms with E-state index in [0.29, 0.717) is 17.8 Å². The van der Waals surface area contributed by atoms with Gasteiger partial charge >= 0.3 is 0 Å². The Morgan fingerprint density at radius 2 is 1.90 bits per heavy atom. The van der Waals surface area contributed by atoms with E-state index in [0.717, 1.165) is 29.8 Å². The first-order chi connectivity index (χ1) is 14.6. The number of nitrogens with zero attached hydrogens (tertiary/aromatic N) is 4. The van der Waals surface area contributed by atoms with Gasteiger partial charge in [0.1, 0.15) is 5.69 Å². The van der Waals surface area contributed by atoms with E-state index in [1.54, 1.807) is 10.9 Å². The summed E-state index contributed by atoms with van der Waals surface area (Å²) < 4.78 is 3.63. The predicted molar refractivity (Wildman–Crippen MR) is 118 cm³/mol. The Labute approximate surface area is 176 Å². The largest absolute Gasteiger partial charge is 0.352 e. The lowest BCUT2D eigenvalue weighted by molar-refractivity contribution is 0.0953. The number of aromatic nitrogens is 4. The fourth-order valence-electron chi connectivity index (χ4n) is 3.50. The summed E-state index contributed by atoms with van der Waals surface area (Å²) in [5.41, 5.74) is 5.44. The van der Waals surface area contributed by atoms with Crippen molar-refractivity contribution < 1.29 is 4.79 Å². The summed E-state index contributed by atoms with van der Waals surface area (Å²) >= 11 is 0. The number of amides is 1. The minimum absolute atomic E-state index is 0.118. The Bertz CT molecular complexity index is 1130. The number of hydrogen-bond acceptors (Lipinski definition) is 3. The first-order valence-electron chi connectivity index (χ1n) is 10.1. The molecule has 6 nitrogen and oxygen atoms in total. The van der Waals surface area contributed by atoms with E-state index in [2.05, 4.69) is 36.4 Å². The van der Waals surface area contributed by atoms with Crippen molar-refractivity contribution in [2.45, 2.75) is 26.8 Å². The van der Waals surface area contributed by atoms with Crippen molar-refractivity contribution in [1.29, 1.82) is 0 Å². The molecule has 4 rings (SSSR count). The zero-order chi connectivity index (χ0) is 20.9.